The molecule has 0 aliphatic rings. The summed E-state index contributed by atoms with van der Waals surface area (Å²) in [5.74, 6) is 0.0609. The van der Waals surface area contributed by atoms with Crippen LogP contribution in [-0.2, 0) is 0 Å². The molecule has 0 atom stereocenters. The molecule has 2 aromatic carbocycles. The molecule has 0 saturated carbocycles. The fraction of sp³-hybridized carbons (Fsp3) is 0.0833. The van der Waals surface area contributed by atoms with Gasteiger partial charge in [-0.15, -0.1) is 0 Å². The third kappa shape index (κ3) is 1.45. The molecule has 0 bridgehead atoms. The topological polar surface area (TPSA) is 17.1 Å². The number of ketones is 1. The van der Waals surface area contributed by atoms with E-state index >= 15 is 0 Å². The van der Waals surface area contributed by atoms with Crippen LogP contribution < -0.4 is 0 Å². The van der Waals surface area contributed by atoms with Crippen molar-refractivity contribution in [2.75, 3.05) is 0 Å². The normalized spacial score (nSPS) is 10.2. The quantitative estimate of drug-likeness (QED) is 0.600. The molecule has 1 radical (unpaired) electrons. The highest BCUT2D eigenvalue weighted by molar-refractivity contribution is 5.98. The van der Waals surface area contributed by atoms with Crippen molar-refractivity contribution in [3.63, 3.8) is 0 Å². The number of rotatable bonds is 1. The second-order valence-electron chi connectivity index (χ2n) is 3.03. The van der Waals surface area contributed by atoms with Crippen molar-refractivity contribution >= 4 is 16.6 Å². The minimum Gasteiger partial charge on any atom is -0.294 e. The lowest BCUT2D eigenvalue weighted by molar-refractivity contribution is 0.101. The van der Waals surface area contributed by atoms with Gasteiger partial charge in [0.05, 0.1) is 0 Å². The Morgan fingerprint density at radius 2 is 1.92 bits per heavy atom. The maximum Gasteiger partial charge on any atom is 0.160 e. The first kappa shape index (κ1) is 7.99. The van der Waals surface area contributed by atoms with E-state index in [0.29, 0.717) is 5.56 Å². The van der Waals surface area contributed by atoms with E-state index in [4.69, 9.17) is 0 Å². The van der Waals surface area contributed by atoms with Gasteiger partial charge in [0, 0.05) is 5.56 Å². The van der Waals surface area contributed by atoms with E-state index in [2.05, 4.69) is 6.07 Å². The first-order chi connectivity index (χ1) is 6.27. The minimum atomic E-state index is 0.0609. The van der Waals surface area contributed by atoms with Gasteiger partial charge >= 0.3 is 0 Å². The number of Topliss-reactive ketones (excluding diaryl/α,β-unsaturated/α-hetero) is 1. The van der Waals surface area contributed by atoms with Gasteiger partial charge in [-0.1, -0.05) is 24.3 Å². The number of fused-ring (bicyclic) bond motifs is 1. The predicted octanol–water partition coefficient (Wildman–Crippen LogP) is 2.84. The van der Waals surface area contributed by atoms with Crippen molar-refractivity contribution in [1.82, 2.24) is 0 Å². The SMILES string of the molecule is CC(=O)c1[c]cc2ccccc2c1. The van der Waals surface area contributed by atoms with Gasteiger partial charge in [0.25, 0.3) is 0 Å². The standard InChI is InChI=1S/C12H9O/c1-9(13)11-7-6-10-4-2-3-5-12(10)8-11/h2-6,8H,1H3. The van der Waals surface area contributed by atoms with Gasteiger partial charge in [-0.25, -0.2) is 0 Å². The van der Waals surface area contributed by atoms with E-state index < -0.39 is 0 Å². The van der Waals surface area contributed by atoms with E-state index in [1.165, 1.54) is 0 Å². The largest absolute Gasteiger partial charge is 0.294 e. The summed E-state index contributed by atoms with van der Waals surface area (Å²) in [5, 5.41) is 2.21. The second kappa shape index (κ2) is 3.02. The average molecular weight is 169 g/mol. The Labute approximate surface area is 77.0 Å². The van der Waals surface area contributed by atoms with Crippen molar-refractivity contribution < 1.29 is 4.79 Å². The molecular weight excluding hydrogens is 160 g/mol. The highest BCUT2D eigenvalue weighted by Gasteiger charge is 1.99. The summed E-state index contributed by atoms with van der Waals surface area (Å²) in [6, 6.07) is 14.6. The van der Waals surface area contributed by atoms with Crippen LogP contribution in [0.25, 0.3) is 10.8 Å². The summed E-state index contributed by atoms with van der Waals surface area (Å²) < 4.78 is 0. The van der Waals surface area contributed by atoms with Crippen LogP contribution in [0.5, 0.6) is 0 Å². The maximum absolute atomic E-state index is 11.1. The number of carbonyl (C=O) groups excluding carboxylic acids is 1. The van der Waals surface area contributed by atoms with Crippen LogP contribution in [-0.4, -0.2) is 5.78 Å². The van der Waals surface area contributed by atoms with Gasteiger partial charge < -0.3 is 0 Å². The van der Waals surface area contributed by atoms with Crippen LogP contribution in [0.3, 0.4) is 0 Å². The third-order valence-electron chi connectivity index (χ3n) is 2.06. The number of hydrogen-bond acceptors (Lipinski definition) is 1. The summed E-state index contributed by atoms with van der Waals surface area (Å²) >= 11 is 0. The van der Waals surface area contributed by atoms with Crippen LogP contribution in [0.4, 0.5) is 0 Å². The minimum absolute atomic E-state index is 0.0609. The van der Waals surface area contributed by atoms with E-state index in [-0.39, 0.29) is 5.78 Å². The highest BCUT2D eigenvalue weighted by atomic mass is 16.1. The lowest BCUT2D eigenvalue weighted by Gasteiger charge is -1.98. The van der Waals surface area contributed by atoms with Gasteiger partial charge in [0.2, 0.25) is 0 Å². The molecule has 1 nitrogen and oxygen atoms in total. The molecule has 0 aliphatic carbocycles. The smallest absolute Gasteiger partial charge is 0.160 e. The third-order valence-corrected chi connectivity index (χ3v) is 2.06. The summed E-state index contributed by atoms with van der Waals surface area (Å²) in [7, 11) is 0. The monoisotopic (exact) mass is 169 g/mol. The Morgan fingerprint density at radius 3 is 2.62 bits per heavy atom. The van der Waals surface area contributed by atoms with Crippen LogP contribution in [0.1, 0.15) is 17.3 Å². The summed E-state index contributed by atoms with van der Waals surface area (Å²) in [6.07, 6.45) is 0. The lowest BCUT2D eigenvalue weighted by atomic mass is 10.1. The van der Waals surface area contributed by atoms with Gasteiger partial charge in [-0.05, 0) is 35.9 Å². The van der Waals surface area contributed by atoms with Crippen molar-refractivity contribution in [2.45, 2.75) is 6.92 Å². The molecule has 0 amide bonds. The predicted molar refractivity (Wildman–Crippen MR) is 52.8 cm³/mol. The van der Waals surface area contributed by atoms with Gasteiger partial charge in [-0.2, -0.15) is 0 Å². The molecule has 0 aromatic heterocycles. The number of benzene rings is 2. The molecule has 0 fully saturated rings. The average Bonchev–Trinajstić information content (AvgIpc) is 2.17. The zero-order valence-electron chi connectivity index (χ0n) is 7.37. The Balaban J connectivity index is 2.69. The lowest BCUT2D eigenvalue weighted by Crippen LogP contribution is -1.91. The summed E-state index contributed by atoms with van der Waals surface area (Å²) in [6.45, 7) is 1.56. The number of hydrogen-bond donors (Lipinski definition) is 0. The van der Waals surface area contributed by atoms with E-state index in [1.807, 2.05) is 36.4 Å². The van der Waals surface area contributed by atoms with Crippen molar-refractivity contribution in [1.29, 1.82) is 0 Å². The van der Waals surface area contributed by atoms with E-state index in [0.717, 1.165) is 10.8 Å². The molecule has 2 aromatic rings. The Bertz CT molecular complexity index is 457. The molecule has 1 heteroatoms. The molecule has 0 spiro atoms. The molecule has 0 saturated heterocycles. The van der Waals surface area contributed by atoms with Crippen molar-refractivity contribution in [3.8, 4) is 0 Å². The van der Waals surface area contributed by atoms with E-state index in [9.17, 15) is 4.79 Å². The fourth-order valence-corrected chi connectivity index (χ4v) is 1.33. The highest BCUT2D eigenvalue weighted by Crippen LogP contribution is 2.15. The Morgan fingerprint density at radius 1 is 1.23 bits per heavy atom. The number of carbonyl (C=O) groups is 1. The zero-order valence-corrected chi connectivity index (χ0v) is 7.37. The molecule has 0 N–H and O–H groups in total. The maximum atomic E-state index is 11.1. The van der Waals surface area contributed by atoms with E-state index in [1.54, 1.807) is 6.92 Å². The van der Waals surface area contributed by atoms with Crippen LogP contribution in [0, 0.1) is 6.07 Å². The Hall–Kier alpha value is -1.63. The van der Waals surface area contributed by atoms with Gasteiger partial charge in [0.15, 0.2) is 5.78 Å². The summed E-state index contributed by atoms with van der Waals surface area (Å²) in [4.78, 5) is 11.1. The van der Waals surface area contributed by atoms with Gasteiger partial charge in [-0.3, -0.25) is 4.79 Å². The van der Waals surface area contributed by atoms with Crippen LogP contribution in [0.15, 0.2) is 36.4 Å². The molecule has 0 aliphatic heterocycles. The molecule has 0 unspecified atom stereocenters. The Kier molecular flexibility index (Phi) is 1.85. The summed E-state index contributed by atoms with van der Waals surface area (Å²) in [5.41, 5.74) is 0.652. The van der Waals surface area contributed by atoms with Crippen molar-refractivity contribution in [3.05, 3.63) is 48.0 Å². The first-order valence-electron chi connectivity index (χ1n) is 4.19. The molecular formula is C12H9O. The first-order valence-corrected chi connectivity index (χ1v) is 4.19. The molecule has 63 valence electrons. The zero-order chi connectivity index (χ0) is 9.26. The molecule has 2 rings (SSSR count). The van der Waals surface area contributed by atoms with Gasteiger partial charge in [0.1, 0.15) is 0 Å². The fourth-order valence-electron chi connectivity index (χ4n) is 1.33. The van der Waals surface area contributed by atoms with Crippen molar-refractivity contribution in [2.24, 2.45) is 0 Å². The molecule has 0 heterocycles. The van der Waals surface area contributed by atoms with Crippen LogP contribution >= 0.6 is 0 Å². The van der Waals surface area contributed by atoms with Crippen LogP contribution in [0.2, 0.25) is 0 Å². The second-order valence-corrected chi connectivity index (χ2v) is 3.03. The molecule has 13 heavy (non-hydrogen) atoms.